The maximum Gasteiger partial charge on any atom is 0.252 e. The number of rotatable bonds is 4. The summed E-state index contributed by atoms with van der Waals surface area (Å²) < 4.78 is 0. The number of anilines is 2. The van der Waals surface area contributed by atoms with Crippen LogP contribution in [0.4, 0.5) is 11.5 Å². The minimum atomic E-state index is -0.506. The van der Waals surface area contributed by atoms with Crippen molar-refractivity contribution in [3.63, 3.8) is 0 Å². The standard InChI is InChI=1S/C13H20N4O/c1-13(4-2-3-5-13)8-17-12-10(11(15)18)6-9(14)7-16-12/h6-7H,2-5,8,14H2,1H3,(H2,15,18)(H,16,17). The van der Waals surface area contributed by atoms with Gasteiger partial charge >= 0.3 is 0 Å². The fraction of sp³-hybridized carbons (Fsp3) is 0.538. The molecule has 1 heterocycles. The van der Waals surface area contributed by atoms with E-state index in [1.165, 1.54) is 31.9 Å². The van der Waals surface area contributed by atoms with Gasteiger partial charge in [-0.05, 0) is 24.3 Å². The number of amides is 1. The highest BCUT2D eigenvalue weighted by molar-refractivity contribution is 5.98. The van der Waals surface area contributed by atoms with E-state index in [1.54, 1.807) is 6.07 Å². The number of nitrogens with zero attached hydrogens (tertiary/aromatic N) is 1. The number of hydrogen-bond acceptors (Lipinski definition) is 4. The number of hydrogen-bond donors (Lipinski definition) is 3. The van der Waals surface area contributed by atoms with E-state index in [-0.39, 0.29) is 5.41 Å². The van der Waals surface area contributed by atoms with Crippen LogP contribution in [-0.4, -0.2) is 17.4 Å². The largest absolute Gasteiger partial charge is 0.397 e. The number of carbonyl (C=O) groups is 1. The molecule has 1 aliphatic rings. The molecule has 1 aliphatic carbocycles. The molecule has 1 saturated carbocycles. The Labute approximate surface area is 107 Å². The fourth-order valence-electron chi connectivity index (χ4n) is 2.51. The number of primary amides is 1. The van der Waals surface area contributed by atoms with Crippen LogP contribution in [0.3, 0.4) is 0 Å². The first-order valence-corrected chi connectivity index (χ1v) is 6.29. The van der Waals surface area contributed by atoms with E-state index < -0.39 is 5.91 Å². The predicted octanol–water partition coefficient (Wildman–Crippen LogP) is 1.75. The maximum absolute atomic E-state index is 11.3. The molecular formula is C13H20N4O. The smallest absolute Gasteiger partial charge is 0.252 e. The first-order chi connectivity index (χ1) is 8.50. The van der Waals surface area contributed by atoms with Crippen LogP contribution in [0.15, 0.2) is 12.3 Å². The lowest BCUT2D eigenvalue weighted by Gasteiger charge is -2.24. The van der Waals surface area contributed by atoms with Crippen molar-refractivity contribution in [3.05, 3.63) is 17.8 Å². The Morgan fingerprint density at radius 2 is 2.17 bits per heavy atom. The van der Waals surface area contributed by atoms with E-state index in [9.17, 15) is 4.79 Å². The summed E-state index contributed by atoms with van der Waals surface area (Å²) in [7, 11) is 0. The van der Waals surface area contributed by atoms with Crippen molar-refractivity contribution < 1.29 is 4.79 Å². The highest BCUT2D eigenvalue weighted by Gasteiger charge is 2.28. The summed E-state index contributed by atoms with van der Waals surface area (Å²) in [5, 5.41) is 3.24. The minimum absolute atomic E-state index is 0.290. The Hall–Kier alpha value is -1.78. The summed E-state index contributed by atoms with van der Waals surface area (Å²) in [4.78, 5) is 15.5. The Morgan fingerprint density at radius 1 is 1.50 bits per heavy atom. The van der Waals surface area contributed by atoms with Gasteiger partial charge in [0, 0.05) is 6.54 Å². The van der Waals surface area contributed by atoms with Crippen molar-refractivity contribution >= 4 is 17.4 Å². The van der Waals surface area contributed by atoms with Crippen LogP contribution in [0.5, 0.6) is 0 Å². The zero-order chi connectivity index (χ0) is 13.2. The van der Waals surface area contributed by atoms with Crippen LogP contribution in [-0.2, 0) is 0 Å². The second-order valence-electron chi connectivity index (χ2n) is 5.40. The maximum atomic E-state index is 11.3. The molecule has 1 aromatic rings. The van der Waals surface area contributed by atoms with Gasteiger partial charge in [0.15, 0.2) is 0 Å². The molecule has 1 fully saturated rings. The van der Waals surface area contributed by atoms with Crippen molar-refractivity contribution in [2.45, 2.75) is 32.6 Å². The third-order valence-corrected chi connectivity index (χ3v) is 3.67. The second-order valence-corrected chi connectivity index (χ2v) is 5.40. The van der Waals surface area contributed by atoms with Crippen molar-refractivity contribution in [2.24, 2.45) is 11.1 Å². The summed E-state index contributed by atoms with van der Waals surface area (Å²) in [5.74, 6) is 0.0266. The van der Waals surface area contributed by atoms with Gasteiger partial charge in [-0.2, -0.15) is 0 Å². The Kier molecular flexibility index (Phi) is 3.41. The summed E-state index contributed by atoms with van der Waals surface area (Å²) in [6.07, 6.45) is 6.50. The lowest BCUT2D eigenvalue weighted by molar-refractivity contribution is 0.100. The van der Waals surface area contributed by atoms with Crippen molar-refractivity contribution in [1.29, 1.82) is 0 Å². The third kappa shape index (κ3) is 2.72. The SMILES string of the molecule is CC1(CNc2ncc(N)cc2C(N)=O)CCCC1. The molecule has 0 unspecified atom stereocenters. The van der Waals surface area contributed by atoms with Crippen molar-refractivity contribution in [1.82, 2.24) is 4.98 Å². The van der Waals surface area contributed by atoms with Crippen LogP contribution in [0.25, 0.3) is 0 Å². The molecule has 98 valence electrons. The van der Waals surface area contributed by atoms with Crippen LogP contribution < -0.4 is 16.8 Å². The van der Waals surface area contributed by atoms with E-state index in [0.29, 0.717) is 17.1 Å². The molecular weight excluding hydrogens is 228 g/mol. The fourth-order valence-corrected chi connectivity index (χ4v) is 2.51. The quantitative estimate of drug-likeness (QED) is 0.756. The van der Waals surface area contributed by atoms with Crippen LogP contribution in [0.1, 0.15) is 43.0 Å². The highest BCUT2D eigenvalue weighted by Crippen LogP contribution is 2.37. The molecule has 0 bridgehead atoms. The van der Waals surface area contributed by atoms with Gasteiger partial charge in [-0.1, -0.05) is 19.8 Å². The van der Waals surface area contributed by atoms with Crippen molar-refractivity contribution in [3.8, 4) is 0 Å². The van der Waals surface area contributed by atoms with Gasteiger partial charge in [-0.3, -0.25) is 4.79 Å². The monoisotopic (exact) mass is 248 g/mol. The number of nitrogens with one attached hydrogen (secondary N) is 1. The van der Waals surface area contributed by atoms with E-state index >= 15 is 0 Å². The lowest BCUT2D eigenvalue weighted by atomic mass is 9.89. The predicted molar refractivity (Wildman–Crippen MR) is 72.2 cm³/mol. The van der Waals surface area contributed by atoms with Crippen LogP contribution in [0, 0.1) is 5.41 Å². The molecule has 18 heavy (non-hydrogen) atoms. The van der Waals surface area contributed by atoms with Gasteiger partial charge in [0.25, 0.3) is 5.91 Å². The number of nitrogen functional groups attached to an aromatic ring is 1. The summed E-state index contributed by atoms with van der Waals surface area (Å²) >= 11 is 0. The molecule has 0 saturated heterocycles. The summed E-state index contributed by atoms with van der Waals surface area (Å²) in [6, 6.07) is 1.56. The van der Waals surface area contributed by atoms with Gasteiger partial charge in [0.1, 0.15) is 5.82 Å². The minimum Gasteiger partial charge on any atom is -0.397 e. The molecule has 2 rings (SSSR count). The van der Waals surface area contributed by atoms with Gasteiger partial charge in [-0.25, -0.2) is 4.98 Å². The van der Waals surface area contributed by atoms with Crippen molar-refractivity contribution in [2.75, 3.05) is 17.6 Å². The zero-order valence-corrected chi connectivity index (χ0v) is 10.7. The van der Waals surface area contributed by atoms with Crippen LogP contribution in [0.2, 0.25) is 0 Å². The number of pyridine rings is 1. The topological polar surface area (TPSA) is 94.0 Å². The van der Waals surface area contributed by atoms with E-state index in [4.69, 9.17) is 11.5 Å². The molecule has 0 atom stereocenters. The number of aromatic nitrogens is 1. The lowest BCUT2D eigenvalue weighted by Crippen LogP contribution is -2.25. The van der Waals surface area contributed by atoms with Crippen LogP contribution >= 0.6 is 0 Å². The molecule has 0 aliphatic heterocycles. The first kappa shape index (κ1) is 12.7. The van der Waals surface area contributed by atoms with E-state index in [1.807, 2.05) is 0 Å². The summed E-state index contributed by atoms with van der Waals surface area (Å²) in [6.45, 7) is 3.07. The van der Waals surface area contributed by atoms with E-state index in [0.717, 1.165) is 6.54 Å². The highest BCUT2D eigenvalue weighted by atomic mass is 16.1. The molecule has 5 heteroatoms. The molecule has 0 spiro atoms. The second kappa shape index (κ2) is 4.84. The number of nitrogens with two attached hydrogens (primary N) is 2. The molecule has 1 aromatic heterocycles. The number of carbonyl (C=O) groups excluding carboxylic acids is 1. The summed E-state index contributed by atoms with van der Waals surface area (Å²) in [5.41, 5.74) is 12.0. The zero-order valence-electron chi connectivity index (χ0n) is 10.7. The molecule has 0 radical (unpaired) electrons. The van der Waals surface area contributed by atoms with Gasteiger partial charge in [0.2, 0.25) is 0 Å². The average molecular weight is 248 g/mol. The van der Waals surface area contributed by atoms with Gasteiger partial charge in [-0.15, -0.1) is 0 Å². The molecule has 5 nitrogen and oxygen atoms in total. The third-order valence-electron chi connectivity index (χ3n) is 3.67. The van der Waals surface area contributed by atoms with Gasteiger partial charge < -0.3 is 16.8 Å². The Morgan fingerprint density at radius 3 is 2.78 bits per heavy atom. The Balaban J connectivity index is 2.11. The average Bonchev–Trinajstić information content (AvgIpc) is 2.75. The molecule has 1 amide bonds. The molecule has 0 aromatic carbocycles. The van der Waals surface area contributed by atoms with Gasteiger partial charge in [0.05, 0.1) is 17.4 Å². The Bertz CT molecular complexity index is 452. The first-order valence-electron chi connectivity index (χ1n) is 6.29. The normalized spacial score (nSPS) is 17.6. The van der Waals surface area contributed by atoms with E-state index in [2.05, 4.69) is 17.2 Å². The molecule has 5 N–H and O–H groups in total.